The van der Waals surface area contributed by atoms with E-state index in [4.69, 9.17) is 11.2 Å². The predicted molar refractivity (Wildman–Crippen MR) is 106 cm³/mol. The van der Waals surface area contributed by atoms with Gasteiger partial charge < -0.3 is 14.6 Å². The van der Waals surface area contributed by atoms with Crippen LogP contribution in [-0.2, 0) is 11.3 Å². The maximum absolute atomic E-state index is 11.9. The molecule has 0 fully saturated rings. The molecule has 0 aliphatic heterocycles. The van der Waals surface area contributed by atoms with Gasteiger partial charge in [0.2, 0.25) is 0 Å². The number of alkyl carbamates (subject to hydrolysis) is 1. The molecule has 1 aromatic heterocycles. The molecule has 1 heterocycles. The zero-order valence-electron chi connectivity index (χ0n) is 15.7. The second kappa shape index (κ2) is 6.76. The lowest BCUT2D eigenvalue weighted by molar-refractivity contribution is 0.0526. The first-order valence-electron chi connectivity index (χ1n) is 8.74. The standard InChI is InChI=1S/C22H24N2O2/c1-6-16-8-10-18-17-9-7-15(2)13-19(17)24(20(18)14-16)12-11-23-21(25)26-22(3,4)5/h1,7-10,13-14H,11-12H2,2-5H3,(H,23,25). The molecule has 3 rings (SSSR count). The van der Waals surface area contributed by atoms with Crippen molar-refractivity contribution in [1.29, 1.82) is 0 Å². The number of aromatic nitrogens is 1. The van der Waals surface area contributed by atoms with Crippen LogP contribution in [0.5, 0.6) is 0 Å². The molecule has 0 aliphatic rings. The van der Waals surface area contributed by atoms with Crippen LogP contribution in [0.25, 0.3) is 21.8 Å². The number of hydrogen-bond acceptors (Lipinski definition) is 2. The lowest BCUT2D eigenvalue weighted by Crippen LogP contribution is -2.34. The Morgan fingerprint density at radius 2 is 1.81 bits per heavy atom. The van der Waals surface area contributed by atoms with Crippen molar-refractivity contribution >= 4 is 27.9 Å². The maximum Gasteiger partial charge on any atom is 0.407 e. The van der Waals surface area contributed by atoms with E-state index in [2.05, 4.69) is 47.0 Å². The molecule has 134 valence electrons. The van der Waals surface area contributed by atoms with Gasteiger partial charge in [-0.05, 0) is 51.5 Å². The third-order valence-corrected chi connectivity index (χ3v) is 4.19. The number of benzene rings is 2. The number of aryl methyl sites for hydroxylation is 1. The fourth-order valence-electron chi connectivity index (χ4n) is 3.12. The van der Waals surface area contributed by atoms with Crippen LogP contribution in [0.3, 0.4) is 0 Å². The SMILES string of the molecule is C#Cc1ccc2c3ccc(C)cc3n(CCNC(=O)OC(C)(C)C)c2c1. The van der Waals surface area contributed by atoms with E-state index in [9.17, 15) is 4.79 Å². The number of nitrogens with one attached hydrogen (secondary N) is 1. The van der Waals surface area contributed by atoms with Crippen LogP contribution in [0.2, 0.25) is 0 Å². The Morgan fingerprint density at radius 3 is 2.46 bits per heavy atom. The average Bonchev–Trinajstić information content (AvgIpc) is 2.85. The summed E-state index contributed by atoms with van der Waals surface area (Å²) in [6, 6.07) is 12.5. The molecule has 4 heteroatoms. The van der Waals surface area contributed by atoms with Gasteiger partial charge in [-0.25, -0.2) is 4.79 Å². The molecule has 0 aliphatic carbocycles. The molecule has 2 aromatic carbocycles. The summed E-state index contributed by atoms with van der Waals surface area (Å²) in [6.07, 6.45) is 5.17. The Balaban J connectivity index is 1.93. The maximum atomic E-state index is 11.9. The second-order valence-electron chi connectivity index (χ2n) is 7.48. The molecule has 0 bridgehead atoms. The van der Waals surface area contributed by atoms with Crippen molar-refractivity contribution in [2.75, 3.05) is 6.54 Å². The molecule has 0 unspecified atom stereocenters. The van der Waals surface area contributed by atoms with E-state index in [1.807, 2.05) is 32.9 Å². The molecule has 0 spiro atoms. The first-order chi connectivity index (χ1) is 12.3. The minimum atomic E-state index is -0.504. The number of rotatable bonds is 3. The third-order valence-electron chi connectivity index (χ3n) is 4.19. The van der Waals surface area contributed by atoms with Gasteiger partial charge in [0.05, 0.1) is 5.52 Å². The summed E-state index contributed by atoms with van der Waals surface area (Å²) in [5.41, 5.74) is 3.75. The number of terminal acetylenes is 1. The quantitative estimate of drug-likeness (QED) is 0.703. The molecule has 0 atom stereocenters. The Labute approximate surface area is 154 Å². The molecule has 1 N–H and O–H groups in total. The van der Waals surface area contributed by atoms with Crippen LogP contribution in [0.4, 0.5) is 4.79 Å². The topological polar surface area (TPSA) is 43.3 Å². The third kappa shape index (κ3) is 3.67. The normalized spacial score (nSPS) is 11.5. The van der Waals surface area contributed by atoms with Crippen molar-refractivity contribution < 1.29 is 9.53 Å². The second-order valence-corrected chi connectivity index (χ2v) is 7.48. The van der Waals surface area contributed by atoms with E-state index in [0.717, 1.165) is 22.0 Å². The number of nitrogens with zero attached hydrogens (tertiary/aromatic N) is 1. The lowest BCUT2D eigenvalue weighted by Gasteiger charge is -2.19. The number of carbonyl (C=O) groups is 1. The molecule has 26 heavy (non-hydrogen) atoms. The molecule has 0 radical (unpaired) electrons. The molecule has 3 aromatic rings. The van der Waals surface area contributed by atoms with Gasteiger partial charge >= 0.3 is 6.09 Å². The number of amides is 1. The molecular formula is C22H24N2O2. The monoisotopic (exact) mass is 348 g/mol. The highest BCUT2D eigenvalue weighted by atomic mass is 16.6. The Kier molecular flexibility index (Phi) is 4.65. The summed E-state index contributed by atoms with van der Waals surface area (Å²) in [4.78, 5) is 11.9. The Bertz CT molecular complexity index is 1020. The van der Waals surface area contributed by atoms with Gasteiger partial charge in [0.15, 0.2) is 0 Å². The fraction of sp³-hybridized carbons (Fsp3) is 0.318. The van der Waals surface area contributed by atoms with Gasteiger partial charge in [-0.3, -0.25) is 0 Å². The zero-order chi connectivity index (χ0) is 18.9. The van der Waals surface area contributed by atoms with E-state index in [-0.39, 0.29) is 0 Å². The van der Waals surface area contributed by atoms with Crippen LogP contribution in [0, 0.1) is 19.3 Å². The van der Waals surface area contributed by atoms with Crippen molar-refractivity contribution in [2.24, 2.45) is 0 Å². The van der Waals surface area contributed by atoms with Crippen molar-refractivity contribution in [3.63, 3.8) is 0 Å². The molecule has 0 saturated heterocycles. The highest BCUT2D eigenvalue weighted by molar-refractivity contribution is 6.08. The van der Waals surface area contributed by atoms with Crippen LogP contribution in [0.1, 0.15) is 31.9 Å². The Hall–Kier alpha value is -2.93. The summed E-state index contributed by atoms with van der Waals surface area (Å²) in [6.45, 7) is 8.74. The number of hydrogen-bond donors (Lipinski definition) is 1. The van der Waals surface area contributed by atoms with E-state index >= 15 is 0 Å². The van der Waals surface area contributed by atoms with E-state index in [1.54, 1.807) is 0 Å². The van der Waals surface area contributed by atoms with Gasteiger partial charge in [0.1, 0.15) is 5.60 Å². The summed E-state index contributed by atoms with van der Waals surface area (Å²) >= 11 is 0. The fourth-order valence-corrected chi connectivity index (χ4v) is 3.12. The lowest BCUT2D eigenvalue weighted by atomic mass is 10.1. The average molecular weight is 348 g/mol. The van der Waals surface area contributed by atoms with Gasteiger partial charge in [0.25, 0.3) is 0 Å². The van der Waals surface area contributed by atoms with Crippen molar-refractivity contribution in [3.8, 4) is 12.3 Å². The van der Waals surface area contributed by atoms with Crippen LogP contribution in [-0.4, -0.2) is 22.8 Å². The van der Waals surface area contributed by atoms with E-state index in [0.29, 0.717) is 13.1 Å². The number of carbonyl (C=O) groups excluding carboxylic acids is 1. The van der Waals surface area contributed by atoms with Crippen molar-refractivity contribution in [1.82, 2.24) is 9.88 Å². The highest BCUT2D eigenvalue weighted by Crippen LogP contribution is 2.30. The van der Waals surface area contributed by atoms with Crippen LogP contribution < -0.4 is 5.32 Å². The zero-order valence-corrected chi connectivity index (χ0v) is 15.7. The first kappa shape index (κ1) is 17.9. The molecule has 0 saturated carbocycles. The van der Waals surface area contributed by atoms with Crippen molar-refractivity contribution in [3.05, 3.63) is 47.5 Å². The van der Waals surface area contributed by atoms with Crippen LogP contribution >= 0.6 is 0 Å². The van der Waals surface area contributed by atoms with E-state index in [1.165, 1.54) is 10.9 Å². The Morgan fingerprint density at radius 1 is 1.15 bits per heavy atom. The highest BCUT2D eigenvalue weighted by Gasteiger charge is 2.16. The van der Waals surface area contributed by atoms with Gasteiger partial charge in [0, 0.05) is 34.9 Å². The van der Waals surface area contributed by atoms with Gasteiger partial charge in [-0.1, -0.05) is 24.1 Å². The van der Waals surface area contributed by atoms with Gasteiger partial charge in [-0.15, -0.1) is 6.42 Å². The summed E-state index contributed by atoms with van der Waals surface area (Å²) < 4.78 is 7.51. The number of ether oxygens (including phenoxy) is 1. The first-order valence-corrected chi connectivity index (χ1v) is 8.74. The minimum absolute atomic E-state index is 0.404. The minimum Gasteiger partial charge on any atom is -0.444 e. The smallest absolute Gasteiger partial charge is 0.407 e. The summed E-state index contributed by atoms with van der Waals surface area (Å²) in [5.74, 6) is 2.70. The summed E-state index contributed by atoms with van der Waals surface area (Å²) in [7, 11) is 0. The van der Waals surface area contributed by atoms with E-state index < -0.39 is 11.7 Å². The summed E-state index contributed by atoms with van der Waals surface area (Å²) in [5, 5.41) is 5.18. The molecule has 4 nitrogen and oxygen atoms in total. The number of fused-ring (bicyclic) bond motifs is 3. The largest absolute Gasteiger partial charge is 0.444 e. The molecular weight excluding hydrogens is 324 g/mol. The van der Waals surface area contributed by atoms with Crippen LogP contribution in [0.15, 0.2) is 36.4 Å². The predicted octanol–water partition coefficient (Wildman–Crippen LogP) is 4.61. The van der Waals surface area contributed by atoms with Crippen molar-refractivity contribution in [2.45, 2.75) is 39.8 Å². The molecule has 1 amide bonds. The van der Waals surface area contributed by atoms with Gasteiger partial charge in [-0.2, -0.15) is 0 Å².